The Hall–Kier alpha value is -1.91. The molecule has 0 aliphatic carbocycles. The van der Waals surface area contributed by atoms with Gasteiger partial charge in [0.05, 0.1) is 57.5 Å². The van der Waals surface area contributed by atoms with Crippen molar-refractivity contribution >= 4 is 5.97 Å². The number of nitrogens with zero attached hydrogens (tertiary/aromatic N) is 4. The fourth-order valence-corrected chi connectivity index (χ4v) is 3.69. The van der Waals surface area contributed by atoms with Crippen LogP contribution < -0.4 is 0 Å². The minimum atomic E-state index is -1.88. The third-order valence-electron chi connectivity index (χ3n) is 6.30. The smallest absolute Gasteiger partial charge is 0.355 e. The molecule has 0 saturated heterocycles. The summed E-state index contributed by atoms with van der Waals surface area (Å²) in [4.78, 5) is 12.4. The zero-order valence-corrected chi connectivity index (χ0v) is 22.8. The third-order valence-corrected chi connectivity index (χ3v) is 6.30. The molecule has 0 aliphatic heterocycles. The summed E-state index contributed by atoms with van der Waals surface area (Å²) >= 11 is 0. The molecule has 1 unspecified atom stereocenters. The van der Waals surface area contributed by atoms with Crippen LogP contribution in [0.15, 0.2) is 6.20 Å². The number of rotatable bonds is 23. The van der Waals surface area contributed by atoms with Gasteiger partial charge in [-0.1, -0.05) is 5.21 Å². The van der Waals surface area contributed by atoms with Gasteiger partial charge in [0.2, 0.25) is 0 Å². The molecule has 1 aromatic rings. The standard InChI is InChI=1S/C23H44N4O14/c1-13(2-5-40-6-4-27-14(23(38)39)8-24-25-27)41-7-3-26(9-15(30)19(34)21(36)17(32)11-28)10-16(31)20(35)22(37)18(33)12-29/h8,13,15-22,28-37H,2-7,9-12H2,1H3,(H,38,39)/t13?,15-,16-,17+,18+,19+,20+,21+,22+/m0/s1. The van der Waals surface area contributed by atoms with E-state index in [1.807, 2.05) is 0 Å². The van der Waals surface area contributed by atoms with Crippen molar-refractivity contribution in [3.63, 3.8) is 0 Å². The second-order valence-corrected chi connectivity index (χ2v) is 9.59. The zero-order valence-electron chi connectivity index (χ0n) is 22.8. The Morgan fingerprint density at radius 1 is 0.854 bits per heavy atom. The Kier molecular flexibility index (Phi) is 17.5. The number of aromatic nitrogens is 3. The number of carboxylic acids is 1. The van der Waals surface area contributed by atoms with E-state index in [0.29, 0.717) is 6.42 Å². The Labute approximate surface area is 236 Å². The van der Waals surface area contributed by atoms with Gasteiger partial charge in [0.25, 0.3) is 0 Å². The first-order chi connectivity index (χ1) is 19.3. The van der Waals surface area contributed by atoms with E-state index >= 15 is 0 Å². The number of aromatic carboxylic acids is 1. The first kappa shape index (κ1) is 37.1. The highest BCUT2D eigenvalue weighted by atomic mass is 16.5. The quantitative estimate of drug-likeness (QED) is 0.0521. The van der Waals surface area contributed by atoms with Crippen molar-refractivity contribution in [3.8, 4) is 0 Å². The van der Waals surface area contributed by atoms with E-state index < -0.39 is 81.1 Å². The summed E-state index contributed by atoms with van der Waals surface area (Å²) in [6.45, 7) is -0.120. The minimum absolute atomic E-state index is 0.0142. The second-order valence-electron chi connectivity index (χ2n) is 9.59. The van der Waals surface area contributed by atoms with Crippen molar-refractivity contribution in [1.29, 1.82) is 0 Å². The molecule has 18 heteroatoms. The van der Waals surface area contributed by atoms with E-state index in [2.05, 4.69) is 10.3 Å². The summed E-state index contributed by atoms with van der Waals surface area (Å²) in [6, 6.07) is 0. The van der Waals surface area contributed by atoms with Crippen LogP contribution in [0.1, 0.15) is 23.8 Å². The van der Waals surface area contributed by atoms with Crippen molar-refractivity contribution in [2.75, 3.05) is 52.7 Å². The van der Waals surface area contributed by atoms with Crippen LogP contribution in [0.4, 0.5) is 0 Å². The number of carboxylic acid groups (broad SMARTS) is 1. The van der Waals surface area contributed by atoms with Crippen molar-refractivity contribution in [1.82, 2.24) is 19.9 Å². The van der Waals surface area contributed by atoms with Crippen molar-refractivity contribution in [3.05, 3.63) is 11.9 Å². The van der Waals surface area contributed by atoms with Crippen molar-refractivity contribution < 1.29 is 70.4 Å². The first-order valence-electron chi connectivity index (χ1n) is 13.0. The highest BCUT2D eigenvalue weighted by molar-refractivity contribution is 5.85. The number of aliphatic hydroxyl groups is 10. The Morgan fingerprint density at radius 2 is 1.37 bits per heavy atom. The number of hydrogen-bond donors (Lipinski definition) is 11. The second kappa shape index (κ2) is 19.3. The van der Waals surface area contributed by atoms with Gasteiger partial charge in [0.1, 0.15) is 36.6 Å². The van der Waals surface area contributed by atoms with Gasteiger partial charge in [-0.25, -0.2) is 9.48 Å². The summed E-state index contributed by atoms with van der Waals surface area (Å²) in [5.74, 6) is -1.16. The lowest BCUT2D eigenvalue weighted by Crippen LogP contribution is -2.53. The molecule has 41 heavy (non-hydrogen) atoms. The number of ether oxygens (including phenoxy) is 2. The summed E-state index contributed by atoms with van der Waals surface area (Å²) in [5, 5.41) is 114. The van der Waals surface area contributed by atoms with Gasteiger partial charge in [-0.05, 0) is 13.3 Å². The molecule has 1 aromatic heterocycles. The molecule has 0 amide bonds. The first-order valence-corrected chi connectivity index (χ1v) is 13.0. The molecular weight excluding hydrogens is 556 g/mol. The van der Waals surface area contributed by atoms with Crippen molar-refractivity contribution in [2.45, 2.75) is 74.8 Å². The number of hydrogen-bond acceptors (Lipinski definition) is 16. The summed E-state index contributed by atoms with van der Waals surface area (Å²) in [5.41, 5.74) is -0.0664. The summed E-state index contributed by atoms with van der Waals surface area (Å²) in [6.07, 6.45) is -13.1. The van der Waals surface area contributed by atoms with Crippen molar-refractivity contribution in [2.24, 2.45) is 0 Å². The normalized spacial score (nSPS) is 18.8. The molecule has 1 heterocycles. The maximum absolute atomic E-state index is 11.1. The van der Waals surface area contributed by atoms with Gasteiger partial charge in [0, 0.05) is 26.2 Å². The largest absolute Gasteiger partial charge is 0.476 e. The molecular formula is C23H44N4O14. The van der Waals surface area contributed by atoms with Gasteiger partial charge >= 0.3 is 5.97 Å². The van der Waals surface area contributed by atoms with Gasteiger partial charge in [-0.15, -0.1) is 5.10 Å². The maximum atomic E-state index is 11.1. The van der Waals surface area contributed by atoms with Crippen LogP contribution >= 0.6 is 0 Å². The number of aliphatic hydroxyl groups excluding tert-OH is 10. The summed E-state index contributed by atoms with van der Waals surface area (Å²) < 4.78 is 12.4. The van der Waals surface area contributed by atoms with Crippen LogP contribution in [0.2, 0.25) is 0 Å². The molecule has 0 bridgehead atoms. The fourth-order valence-electron chi connectivity index (χ4n) is 3.69. The molecule has 240 valence electrons. The van der Waals surface area contributed by atoms with Gasteiger partial charge in [-0.2, -0.15) is 0 Å². The minimum Gasteiger partial charge on any atom is -0.476 e. The Balaban J connectivity index is 2.61. The van der Waals surface area contributed by atoms with Crippen LogP contribution in [0.25, 0.3) is 0 Å². The van der Waals surface area contributed by atoms with E-state index in [4.69, 9.17) is 24.8 Å². The molecule has 0 fully saturated rings. The average molecular weight is 601 g/mol. The van der Waals surface area contributed by atoms with E-state index in [1.165, 1.54) is 9.58 Å². The van der Waals surface area contributed by atoms with E-state index in [9.17, 15) is 45.6 Å². The van der Waals surface area contributed by atoms with Crippen LogP contribution in [-0.4, -0.2) is 190 Å². The van der Waals surface area contributed by atoms with E-state index in [0.717, 1.165) is 6.20 Å². The molecule has 0 saturated carbocycles. The molecule has 0 spiro atoms. The lowest BCUT2D eigenvalue weighted by atomic mass is 10.0. The SMILES string of the molecule is CC(CCOCCn1nncc1C(=O)O)OCCN(C[C@H](O)[C@@H](O)[C@H](O)[C@H](O)CO)C[C@H](O)[C@@H](O)[C@H](O)[C@H](O)CO. The number of carbonyl (C=O) groups is 1. The molecule has 0 aromatic carbocycles. The zero-order chi connectivity index (χ0) is 31.1. The van der Waals surface area contributed by atoms with E-state index in [-0.39, 0.29) is 44.7 Å². The predicted octanol–water partition coefficient (Wildman–Crippen LogP) is -6.04. The van der Waals surface area contributed by atoms with Crippen LogP contribution in [0, 0.1) is 0 Å². The van der Waals surface area contributed by atoms with Gasteiger partial charge in [0.15, 0.2) is 5.69 Å². The maximum Gasteiger partial charge on any atom is 0.355 e. The molecule has 11 N–H and O–H groups in total. The average Bonchev–Trinajstić information content (AvgIpc) is 3.43. The fraction of sp³-hybridized carbons (Fsp3) is 0.870. The van der Waals surface area contributed by atoms with Crippen LogP contribution in [-0.2, 0) is 16.0 Å². The Bertz CT molecular complexity index is 821. The van der Waals surface area contributed by atoms with Gasteiger partial charge in [-0.3, -0.25) is 4.90 Å². The highest BCUT2D eigenvalue weighted by Crippen LogP contribution is 2.11. The molecule has 18 nitrogen and oxygen atoms in total. The highest BCUT2D eigenvalue weighted by Gasteiger charge is 2.34. The van der Waals surface area contributed by atoms with Gasteiger partial charge < -0.3 is 65.6 Å². The van der Waals surface area contributed by atoms with E-state index in [1.54, 1.807) is 6.92 Å². The monoisotopic (exact) mass is 600 g/mol. The Morgan fingerprint density at radius 3 is 1.85 bits per heavy atom. The summed E-state index contributed by atoms with van der Waals surface area (Å²) in [7, 11) is 0. The lowest BCUT2D eigenvalue weighted by Gasteiger charge is -2.33. The van der Waals surface area contributed by atoms with Crippen LogP contribution in [0.3, 0.4) is 0 Å². The third kappa shape index (κ3) is 12.9. The topological polar surface area (TPSA) is 292 Å². The molecule has 1 rings (SSSR count). The molecule has 0 aliphatic rings. The molecule has 0 radical (unpaired) electrons. The lowest BCUT2D eigenvalue weighted by molar-refractivity contribution is -0.131. The predicted molar refractivity (Wildman–Crippen MR) is 136 cm³/mol. The molecule has 9 atom stereocenters. The van der Waals surface area contributed by atoms with Crippen LogP contribution in [0.5, 0.6) is 0 Å².